The molecular formula is C20H27N5O2S. The fraction of sp³-hybridized carbons (Fsp3) is 0.500. The lowest BCUT2D eigenvalue weighted by Crippen LogP contribution is -2.42. The first-order chi connectivity index (χ1) is 13.4. The number of aryl methyl sites for hydroxylation is 3. The Kier molecular flexibility index (Phi) is 6.61. The largest absolute Gasteiger partial charge is 0.370 e. The van der Waals surface area contributed by atoms with Crippen molar-refractivity contribution in [3.05, 3.63) is 39.5 Å². The Morgan fingerprint density at radius 3 is 2.75 bits per heavy atom. The van der Waals surface area contributed by atoms with Gasteiger partial charge in [0, 0.05) is 32.4 Å². The number of hydrogen-bond donors (Lipinski definition) is 1. The van der Waals surface area contributed by atoms with Gasteiger partial charge in [-0.3, -0.25) is 9.59 Å². The van der Waals surface area contributed by atoms with Crippen molar-refractivity contribution < 1.29 is 9.59 Å². The second kappa shape index (κ2) is 9.14. The summed E-state index contributed by atoms with van der Waals surface area (Å²) >= 11 is 1.39. The van der Waals surface area contributed by atoms with Gasteiger partial charge in [-0.1, -0.05) is 6.07 Å². The van der Waals surface area contributed by atoms with Gasteiger partial charge in [0.15, 0.2) is 0 Å². The lowest BCUT2D eigenvalue weighted by molar-refractivity contribution is -0.130. The van der Waals surface area contributed by atoms with E-state index in [-0.39, 0.29) is 18.4 Å². The molecule has 28 heavy (non-hydrogen) atoms. The molecule has 0 saturated heterocycles. The summed E-state index contributed by atoms with van der Waals surface area (Å²) in [5, 5.41) is 4.17. The van der Waals surface area contributed by atoms with Gasteiger partial charge in [0.2, 0.25) is 5.91 Å². The van der Waals surface area contributed by atoms with Crippen LogP contribution in [-0.4, -0.2) is 64.8 Å². The highest BCUT2D eigenvalue weighted by atomic mass is 32.1. The molecule has 2 aromatic heterocycles. The standard InChI is InChI=1S/C20H27N5O2S/c1-14-19(28-15(2)22-14)20(27)25-12-5-8-16-7-4-9-17(23-16)21-10-6-11-24(3)18(26)13-25/h4,7,9H,5-6,8,10-13H2,1-3H3,(H,21,23). The fourth-order valence-corrected chi connectivity index (χ4v) is 4.12. The van der Waals surface area contributed by atoms with Crippen LogP contribution in [0.25, 0.3) is 0 Å². The third-order valence-corrected chi connectivity index (χ3v) is 5.84. The number of hydrogen-bond acceptors (Lipinski definition) is 6. The van der Waals surface area contributed by atoms with E-state index in [1.807, 2.05) is 32.0 Å². The van der Waals surface area contributed by atoms with Crippen LogP contribution in [0.15, 0.2) is 18.2 Å². The summed E-state index contributed by atoms with van der Waals surface area (Å²) in [6, 6.07) is 5.95. The number of carbonyl (C=O) groups is 2. The van der Waals surface area contributed by atoms with Gasteiger partial charge in [-0.15, -0.1) is 11.3 Å². The van der Waals surface area contributed by atoms with Crippen LogP contribution in [0.5, 0.6) is 0 Å². The van der Waals surface area contributed by atoms with E-state index in [1.165, 1.54) is 11.3 Å². The molecule has 0 saturated carbocycles. The minimum absolute atomic E-state index is 0.0408. The Morgan fingerprint density at radius 2 is 2.00 bits per heavy atom. The second-order valence-electron chi connectivity index (χ2n) is 7.09. The molecule has 0 atom stereocenters. The van der Waals surface area contributed by atoms with Gasteiger partial charge in [-0.2, -0.15) is 0 Å². The zero-order chi connectivity index (χ0) is 20.1. The summed E-state index contributed by atoms with van der Waals surface area (Å²) in [5.41, 5.74) is 1.72. The van der Waals surface area contributed by atoms with E-state index in [0.29, 0.717) is 18.0 Å². The molecule has 0 radical (unpaired) electrons. The maximum absolute atomic E-state index is 13.1. The number of carbonyl (C=O) groups excluding carboxylic acids is 2. The second-order valence-corrected chi connectivity index (χ2v) is 8.29. The normalized spacial score (nSPS) is 16.5. The smallest absolute Gasteiger partial charge is 0.266 e. The molecule has 2 amide bonds. The third-order valence-electron chi connectivity index (χ3n) is 4.78. The minimum Gasteiger partial charge on any atom is -0.370 e. The molecule has 0 aromatic carbocycles. The number of aromatic nitrogens is 2. The van der Waals surface area contributed by atoms with Crippen LogP contribution in [0.3, 0.4) is 0 Å². The van der Waals surface area contributed by atoms with Crippen molar-refractivity contribution in [2.75, 3.05) is 38.5 Å². The van der Waals surface area contributed by atoms with Crippen molar-refractivity contribution in [3.8, 4) is 0 Å². The number of amides is 2. The van der Waals surface area contributed by atoms with Gasteiger partial charge in [-0.25, -0.2) is 9.97 Å². The highest BCUT2D eigenvalue weighted by molar-refractivity contribution is 7.13. The molecule has 1 aliphatic heterocycles. The van der Waals surface area contributed by atoms with Crippen LogP contribution in [0.1, 0.15) is 38.9 Å². The van der Waals surface area contributed by atoms with E-state index in [2.05, 4.69) is 15.3 Å². The number of anilines is 1. The number of nitrogens with one attached hydrogen (secondary N) is 1. The average molecular weight is 402 g/mol. The van der Waals surface area contributed by atoms with Crippen LogP contribution in [0.4, 0.5) is 5.82 Å². The number of fused-ring (bicyclic) bond motifs is 2. The highest BCUT2D eigenvalue weighted by Crippen LogP contribution is 2.20. The van der Waals surface area contributed by atoms with Crippen LogP contribution >= 0.6 is 11.3 Å². The molecule has 8 heteroatoms. The molecule has 3 rings (SSSR count). The van der Waals surface area contributed by atoms with Gasteiger partial charge < -0.3 is 15.1 Å². The van der Waals surface area contributed by atoms with E-state index in [9.17, 15) is 9.59 Å². The topological polar surface area (TPSA) is 78.4 Å². The Morgan fingerprint density at radius 1 is 1.18 bits per heavy atom. The summed E-state index contributed by atoms with van der Waals surface area (Å²) in [4.78, 5) is 38.8. The Hall–Kier alpha value is -2.48. The first-order valence-electron chi connectivity index (χ1n) is 9.61. The first-order valence-corrected chi connectivity index (χ1v) is 10.4. The maximum Gasteiger partial charge on any atom is 0.266 e. The molecule has 2 aromatic rings. The monoisotopic (exact) mass is 401 g/mol. The summed E-state index contributed by atoms with van der Waals surface area (Å²) in [5.74, 6) is 0.702. The van der Waals surface area contributed by atoms with Crippen molar-refractivity contribution >= 4 is 29.0 Å². The first kappa shape index (κ1) is 20.3. The molecule has 0 spiro atoms. The quantitative estimate of drug-likeness (QED) is 0.794. The maximum atomic E-state index is 13.1. The number of pyridine rings is 1. The molecule has 2 bridgehead atoms. The molecule has 1 aliphatic rings. The molecule has 0 aliphatic carbocycles. The van der Waals surface area contributed by atoms with Crippen LogP contribution < -0.4 is 5.32 Å². The average Bonchev–Trinajstić information content (AvgIpc) is 3.01. The van der Waals surface area contributed by atoms with Crippen molar-refractivity contribution in [2.24, 2.45) is 0 Å². The van der Waals surface area contributed by atoms with Gasteiger partial charge in [0.25, 0.3) is 5.91 Å². The van der Waals surface area contributed by atoms with Crippen LogP contribution in [-0.2, 0) is 11.2 Å². The zero-order valence-corrected chi connectivity index (χ0v) is 17.5. The minimum atomic E-state index is -0.111. The van der Waals surface area contributed by atoms with E-state index in [1.54, 1.807) is 16.8 Å². The molecule has 0 fully saturated rings. The SMILES string of the molecule is Cc1nc(C)c(C(=O)N2CCCc3cccc(n3)NCCCN(C)C(=O)C2)s1. The summed E-state index contributed by atoms with van der Waals surface area (Å²) in [7, 11) is 1.79. The molecule has 1 N–H and O–H groups in total. The number of nitrogens with zero attached hydrogens (tertiary/aromatic N) is 4. The number of thiazole rings is 1. The Labute approximate surface area is 169 Å². The van der Waals surface area contributed by atoms with E-state index < -0.39 is 0 Å². The summed E-state index contributed by atoms with van der Waals surface area (Å²) < 4.78 is 0. The molecular weight excluding hydrogens is 374 g/mol. The zero-order valence-electron chi connectivity index (χ0n) is 16.7. The van der Waals surface area contributed by atoms with E-state index in [4.69, 9.17) is 0 Å². The van der Waals surface area contributed by atoms with Crippen molar-refractivity contribution in [1.82, 2.24) is 19.8 Å². The summed E-state index contributed by atoms with van der Waals surface area (Å²) in [6.07, 6.45) is 2.31. The van der Waals surface area contributed by atoms with Gasteiger partial charge in [0.1, 0.15) is 17.2 Å². The number of rotatable bonds is 1. The highest BCUT2D eigenvalue weighted by Gasteiger charge is 2.24. The van der Waals surface area contributed by atoms with Gasteiger partial charge >= 0.3 is 0 Å². The van der Waals surface area contributed by atoms with E-state index in [0.717, 1.165) is 48.0 Å². The Bertz CT molecular complexity index is 851. The van der Waals surface area contributed by atoms with Gasteiger partial charge in [-0.05, 0) is 45.2 Å². The predicted octanol–water partition coefficient (Wildman–Crippen LogP) is 2.50. The molecule has 150 valence electrons. The lowest BCUT2D eigenvalue weighted by atomic mass is 10.2. The molecule has 0 unspecified atom stereocenters. The summed E-state index contributed by atoms with van der Waals surface area (Å²) in [6.45, 7) is 5.71. The Balaban J connectivity index is 1.80. The van der Waals surface area contributed by atoms with Crippen LogP contribution in [0, 0.1) is 13.8 Å². The predicted molar refractivity (Wildman–Crippen MR) is 111 cm³/mol. The molecule has 3 heterocycles. The van der Waals surface area contributed by atoms with Crippen molar-refractivity contribution in [2.45, 2.75) is 33.1 Å². The third kappa shape index (κ3) is 5.07. The molecule has 7 nitrogen and oxygen atoms in total. The van der Waals surface area contributed by atoms with Crippen molar-refractivity contribution in [3.63, 3.8) is 0 Å². The van der Waals surface area contributed by atoms with Crippen LogP contribution in [0.2, 0.25) is 0 Å². The van der Waals surface area contributed by atoms with Gasteiger partial charge in [0.05, 0.1) is 10.7 Å². The van der Waals surface area contributed by atoms with Crippen molar-refractivity contribution in [1.29, 1.82) is 0 Å². The lowest BCUT2D eigenvalue weighted by Gasteiger charge is -2.25. The number of likely N-dealkylation sites (N-methyl/N-ethyl adjacent to an activating group) is 1. The van der Waals surface area contributed by atoms with E-state index >= 15 is 0 Å². The fourth-order valence-electron chi connectivity index (χ4n) is 3.24.